The van der Waals surface area contributed by atoms with Crippen LogP contribution < -0.4 is 4.90 Å². The first-order valence-corrected chi connectivity index (χ1v) is 14.1. The van der Waals surface area contributed by atoms with Crippen molar-refractivity contribution in [2.45, 2.75) is 65.7 Å². The number of anilines is 1. The predicted octanol–water partition coefficient (Wildman–Crippen LogP) is 7.08. The average molecular weight is 600 g/mol. The van der Waals surface area contributed by atoms with Crippen LogP contribution in [0.25, 0.3) is 27.9 Å². The summed E-state index contributed by atoms with van der Waals surface area (Å²) in [5.74, 6) is -0.677. The standard InChI is InChI=1S/C32H34FN7O4/c1-20(22-10-9-14-34-17-22)39-19-23(18-35-39)25-12-8-11-24(27(25)33)21-13-15-38-26(16-21)36-28(37-38)40(29(41)43-31(2,3)4)30(42)44-32(5,6)7/h8-20H,1-7H3. The van der Waals surface area contributed by atoms with Crippen LogP contribution in [0.2, 0.25) is 0 Å². The molecule has 0 aliphatic rings. The molecule has 0 bridgehead atoms. The van der Waals surface area contributed by atoms with Crippen LogP contribution in [0.5, 0.6) is 0 Å². The van der Waals surface area contributed by atoms with Crippen molar-refractivity contribution < 1.29 is 23.5 Å². The van der Waals surface area contributed by atoms with E-state index >= 15 is 4.39 Å². The molecule has 228 valence electrons. The van der Waals surface area contributed by atoms with Gasteiger partial charge in [0.1, 0.15) is 17.0 Å². The number of ether oxygens (including phenoxy) is 2. The van der Waals surface area contributed by atoms with Crippen molar-refractivity contribution >= 4 is 23.8 Å². The third kappa shape index (κ3) is 6.59. The molecule has 4 heterocycles. The van der Waals surface area contributed by atoms with Crippen LogP contribution in [0.4, 0.5) is 19.9 Å². The van der Waals surface area contributed by atoms with Gasteiger partial charge in [0.05, 0.1) is 12.2 Å². The van der Waals surface area contributed by atoms with E-state index in [1.807, 2.05) is 19.1 Å². The number of aromatic nitrogens is 6. The molecule has 5 rings (SSSR count). The number of hydrogen-bond donors (Lipinski definition) is 0. The molecule has 12 heteroatoms. The van der Waals surface area contributed by atoms with E-state index in [9.17, 15) is 9.59 Å². The molecule has 0 saturated carbocycles. The molecule has 11 nitrogen and oxygen atoms in total. The van der Waals surface area contributed by atoms with Gasteiger partial charge in [-0.1, -0.05) is 24.3 Å². The zero-order valence-corrected chi connectivity index (χ0v) is 25.6. The number of amides is 2. The number of carbonyl (C=O) groups is 2. The van der Waals surface area contributed by atoms with Gasteiger partial charge in [0.2, 0.25) is 0 Å². The molecule has 0 fully saturated rings. The number of hydrogen-bond acceptors (Lipinski definition) is 8. The first-order valence-electron chi connectivity index (χ1n) is 14.1. The zero-order chi connectivity index (χ0) is 31.8. The summed E-state index contributed by atoms with van der Waals surface area (Å²) in [4.78, 5) is 35.3. The molecule has 1 unspecified atom stereocenters. The van der Waals surface area contributed by atoms with E-state index in [1.54, 1.807) is 108 Å². The molecule has 4 aromatic heterocycles. The molecule has 1 aromatic carbocycles. The minimum Gasteiger partial charge on any atom is -0.443 e. The first-order chi connectivity index (χ1) is 20.7. The number of carbonyl (C=O) groups excluding carboxylic acids is 2. The highest BCUT2D eigenvalue weighted by molar-refractivity contribution is 6.08. The Balaban J connectivity index is 1.48. The molecule has 1 atom stereocenters. The van der Waals surface area contributed by atoms with Crippen molar-refractivity contribution in [1.82, 2.24) is 29.4 Å². The largest absolute Gasteiger partial charge is 0.443 e. The molecule has 44 heavy (non-hydrogen) atoms. The minimum atomic E-state index is -0.986. The summed E-state index contributed by atoms with van der Waals surface area (Å²) in [6, 6.07) is 12.2. The Labute approximate surface area is 254 Å². The number of imide groups is 1. The lowest BCUT2D eigenvalue weighted by atomic mass is 10.0. The van der Waals surface area contributed by atoms with E-state index in [0.29, 0.717) is 27.2 Å². The quantitative estimate of drug-likeness (QED) is 0.210. The summed E-state index contributed by atoms with van der Waals surface area (Å²) >= 11 is 0. The molecule has 5 aromatic rings. The Kier molecular flexibility index (Phi) is 7.94. The monoisotopic (exact) mass is 599 g/mol. The lowest BCUT2D eigenvalue weighted by Crippen LogP contribution is -2.44. The third-order valence-corrected chi connectivity index (χ3v) is 6.46. The Morgan fingerprint density at radius 1 is 0.909 bits per heavy atom. The van der Waals surface area contributed by atoms with E-state index in [4.69, 9.17) is 9.47 Å². The van der Waals surface area contributed by atoms with Crippen LogP contribution in [0.3, 0.4) is 0 Å². The van der Waals surface area contributed by atoms with Gasteiger partial charge in [-0.2, -0.15) is 10.1 Å². The SMILES string of the molecule is CC(c1cccnc1)n1cc(-c2cccc(-c3ccn4nc(N(C(=O)OC(C)(C)C)C(=O)OC(C)(C)C)nc4c3)c2F)cn1. The van der Waals surface area contributed by atoms with Crippen molar-refractivity contribution in [3.05, 3.63) is 84.8 Å². The van der Waals surface area contributed by atoms with E-state index in [2.05, 4.69) is 20.2 Å². The van der Waals surface area contributed by atoms with Crippen molar-refractivity contribution in [2.24, 2.45) is 0 Å². The van der Waals surface area contributed by atoms with Crippen molar-refractivity contribution in [3.8, 4) is 22.3 Å². The summed E-state index contributed by atoms with van der Waals surface area (Å²) in [5.41, 5.74) is 1.34. The maximum Gasteiger partial charge on any atom is 0.427 e. The molecule has 0 saturated heterocycles. The number of pyridine rings is 2. The molecule has 0 N–H and O–H groups in total. The molecule has 2 amide bonds. The van der Waals surface area contributed by atoms with Crippen LogP contribution in [-0.2, 0) is 9.47 Å². The van der Waals surface area contributed by atoms with Gasteiger partial charge in [-0.3, -0.25) is 9.67 Å². The van der Waals surface area contributed by atoms with Crippen LogP contribution in [0.1, 0.15) is 60.1 Å². The summed E-state index contributed by atoms with van der Waals surface area (Å²) in [6.45, 7) is 12.1. The van der Waals surface area contributed by atoms with E-state index in [1.165, 1.54) is 4.52 Å². The number of benzene rings is 1. The normalized spacial score (nSPS) is 12.6. The Morgan fingerprint density at radius 3 is 2.18 bits per heavy atom. The van der Waals surface area contributed by atoms with E-state index in [-0.39, 0.29) is 17.6 Å². The fourth-order valence-electron chi connectivity index (χ4n) is 4.43. The predicted molar refractivity (Wildman–Crippen MR) is 163 cm³/mol. The second kappa shape index (κ2) is 11.5. The van der Waals surface area contributed by atoms with Gasteiger partial charge in [-0.15, -0.1) is 10.00 Å². The Bertz CT molecular complexity index is 1790. The number of halogens is 1. The van der Waals surface area contributed by atoms with Gasteiger partial charge in [0.15, 0.2) is 5.65 Å². The van der Waals surface area contributed by atoms with Crippen LogP contribution in [-0.4, -0.2) is 52.8 Å². The van der Waals surface area contributed by atoms with E-state index in [0.717, 1.165) is 5.56 Å². The highest BCUT2D eigenvalue weighted by Crippen LogP contribution is 2.32. The highest BCUT2D eigenvalue weighted by atomic mass is 19.1. The van der Waals surface area contributed by atoms with Gasteiger partial charge < -0.3 is 9.47 Å². The summed E-state index contributed by atoms with van der Waals surface area (Å²) in [6.07, 6.45) is 6.52. The number of rotatable bonds is 5. The Hall–Kier alpha value is -5.13. The van der Waals surface area contributed by atoms with Crippen LogP contribution in [0, 0.1) is 5.82 Å². The van der Waals surface area contributed by atoms with Crippen molar-refractivity contribution in [2.75, 3.05) is 4.90 Å². The van der Waals surface area contributed by atoms with Crippen molar-refractivity contribution in [1.29, 1.82) is 0 Å². The summed E-state index contributed by atoms with van der Waals surface area (Å²) in [5, 5.41) is 8.77. The maximum absolute atomic E-state index is 16.0. The van der Waals surface area contributed by atoms with E-state index < -0.39 is 29.2 Å². The minimum absolute atomic E-state index is 0.0887. The van der Waals surface area contributed by atoms with Gasteiger partial charge in [-0.25, -0.2) is 18.5 Å². The Morgan fingerprint density at radius 2 is 1.57 bits per heavy atom. The molecular weight excluding hydrogens is 565 g/mol. The second-order valence-corrected chi connectivity index (χ2v) is 12.3. The first kappa shape index (κ1) is 30.3. The summed E-state index contributed by atoms with van der Waals surface area (Å²) in [7, 11) is 0. The third-order valence-electron chi connectivity index (χ3n) is 6.46. The molecule has 0 radical (unpaired) electrons. The molecule has 0 aliphatic heterocycles. The molecule has 0 spiro atoms. The van der Waals surface area contributed by atoms with Gasteiger partial charge in [0.25, 0.3) is 5.95 Å². The average Bonchev–Trinajstić information content (AvgIpc) is 3.58. The lowest BCUT2D eigenvalue weighted by Gasteiger charge is -2.26. The summed E-state index contributed by atoms with van der Waals surface area (Å²) < 4.78 is 30.0. The fraction of sp³-hybridized carbons (Fsp3) is 0.312. The maximum atomic E-state index is 16.0. The smallest absolute Gasteiger partial charge is 0.427 e. The second-order valence-electron chi connectivity index (χ2n) is 12.3. The van der Waals surface area contributed by atoms with Crippen molar-refractivity contribution in [3.63, 3.8) is 0 Å². The van der Waals surface area contributed by atoms with Gasteiger partial charge >= 0.3 is 12.2 Å². The van der Waals surface area contributed by atoms with Gasteiger partial charge in [-0.05, 0) is 77.8 Å². The molecular formula is C32H34FN7O4. The fourth-order valence-corrected chi connectivity index (χ4v) is 4.43. The van der Waals surface area contributed by atoms with Crippen LogP contribution in [0.15, 0.2) is 73.4 Å². The highest BCUT2D eigenvalue weighted by Gasteiger charge is 2.35. The lowest BCUT2D eigenvalue weighted by molar-refractivity contribution is 0.0427. The number of nitrogens with zero attached hydrogens (tertiary/aromatic N) is 7. The zero-order valence-electron chi connectivity index (χ0n) is 25.6. The van der Waals surface area contributed by atoms with Gasteiger partial charge in [0, 0.05) is 41.5 Å². The topological polar surface area (TPSA) is 117 Å². The van der Waals surface area contributed by atoms with Crippen LogP contribution >= 0.6 is 0 Å². The number of fused-ring (bicyclic) bond motifs is 1. The molecule has 0 aliphatic carbocycles.